The highest BCUT2D eigenvalue weighted by atomic mass is 16.5. The van der Waals surface area contributed by atoms with Crippen LogP contribution < -0.4 is 5.32 Å². The molecule has 4 heteroatoms. The predicted octanol–water partition coefficient (Wildman–Crippen LogP) is -0.937. The van der Waals surface area contributed by atoms with Crippen molar-refractivity contribution in [1.82, 2.24) is 10.2 Å². The van der Waals surface area contributed by atoms with Gasteiger partial charge in [0.25, 0.3) is 6.47 Å². The number of likely N-dealkylation sites (N-methyl/N-ethyl adjacent to an activating group) is 1. The van der Waals surface area contributed by atoms with Gasteiger partial charge in [0, 0.05) is 19.6 Å². The fourth-order valence-electron chi connectivity index (χ4n) is 1.20. The minimum atomic E-state index is 0.342. The Balaban J connectivity index is 2.23. The lowest BCUT2D eigenvalue weighted by Crippen LogP contribution is -2.51. The molecule has 1 N–H and O–H groups in total. The summed E-state index contributed by atoms with van der Waals surface area (Å²) in [5, 5.41) is 3.24. The van der Waals surface area contributed by atoms with Gasteiger partial charge in [-0.15, -0.1) is 0 Å². The molecule has 64 valence electrons. The molecule has 1 atom stereocenters. The number of nitrogens with one attached hydrogen (secondary N) is 1. The Morgan fingerprint density at radius 3 is 3.27 bits per heavy atom. The van der Waals surface area contributed by atoms with E-state index in [2.05, 4.69) is 15.0 Å². The molecule has 0 aromatic carbocycles. The maximum Gasteiger partial charge on any atom is 0.293 e. The van der Waals surface area contributed by atoms with Gasteiger partial charge in [0.2, 0.25) is 0 Å². The van der Waals surface area contributed by atoms with E-state index in [4.69, 9.17) is 0 Å². The minimum Gasteiger partial charge on any atom is -0.466 e. The molecule has 1 fully saturated rings. The summed E-state index contributed by atoms with van der Waals surface area (Å²) in [5.41, 5.74) is 0. The van der Waals surface area contributed by atoms with Crippen LogP contribution in [0.4, 0.5) is 0 Å². The molecule has 1 aliphatic rings. The fraction of sp³-hybridized carbons (Fsp3) is 0.857. The molecule has 0 aromatic heterocycles. The van der Waals surface area contributed by atoms with Crippen LogP contribution in [0.25, 0.3) is 0 Å². The molecule has 0 saturated carbocycles. The van der Waals surface area contributed by atoms with Crippen LogP contribution >= 0.6 is 0 Å². The quantitative estimate of drug-likeness (QED) is 0.538. The second kappa shape index (κ2) is 4.31. The number of carbonyl (C=O) groups excluding carboxylic acids is 1. The number of ether oxygens (including phenoxy) is 1. The molecule has 0 amide bonds. The lowest BCUT2D eigenvalue weighted by Gasteiger charge is -2.31. The molecule has 1 saturated heterocycles. The van der Waals surface area contributed by atoms with Crippen LogP contribution in [0.1, 0.15) is 0 Å². The standard InChI is InChI=1S/C7H14N2O2/c1-9-3-2-8-4-7(9)5-11-6-10/h6-8H,2-5H2,1H3. The molecule has 0 radical (unpaired) electrons. The molecular weight excluding hydrogens is 144 g/mol. The largest absolute Gasteiger partial charge is 0.466 e. The molecule has 0 bridgehead atoms. The van der Waals surface area contributed by atoms with Gasteiger partial charge in [0.1, 0.15) is 6.61 Å². The van der Waals surface area contributed by atoms with Crippen molar-refractivity contribution in [3.63, 3.8) is 0 Å². The molecule has 0 aromatic rings. The van der Waals surface area contributed by atoms with Crippen LogP contribution in [0.15, 0.2) is 0 Å². The van der Waals surface area contributed by atoms with Gasteiger partial charge < -0.3 is 10.1 Å². The average Bonchev–Trinajstić information content (AvgIpc) is 2.03. The number of rotatable bonds is 3. The van der Waals surface area contributed by atoms with Crippen molar-refractivity contribution in [1.29, 1.82) is 0 Å². The predicted molar refractivity (Wildman–Crippen MR) is 41.3 cm³/mol. The zero-order valence-corrected chi connectivity index (χ0v) is 6.75. The Hall–Kier alpha value is -0.610. The number of nitrogens with zero attached hydrogens (tertiary/aromatic N) is 1. The van der Waals surface area contributed by atoms with E-state index >= 15 is 0 Å². The van der Waals surface area contributed by atoms with Crippen molar-refractivity contribution in [2.75, 3.05) is 33.3 Å². The monoisotopic (exact) mass is 158 g/mol. The van der Waals surface area contributed by atoms with Gasteiger partial charge in [-0.2, -0.15) is 0 Å². The van der Waals surface area contributed by atoms with Crippen LogP contribution in [0.3, 0.4) is 0 Å². The fourth-order valence-corrected chi connectivity index (χ4v) is 1.20. The molecule has 1 heterocycles. The lowest BCUT2D eigenvalue weighted by molar-refractivity contribution is -0.130. The second-order valence-corrected chi connectivity index (χ2v) is 2.77. The first kappa shape index (κ1) is 8.49. The third kappa shape index (κ3) is 2.48. The number of hydrogen-bond donors (Lipinski definition) is 1. The summed E-state index contributed by atoms with van der Waals surface area (Å²) in [7, 11) is 2.04. The zero-order chi connectivity index (χ0) is 8.10. The maximum absolute atomic E-state index is 9.89. The Labute approximate surface area is 66.5 Å². The van der Waals surface area contributed by atoms with Crippen LogP contribution in [0.2, 0.25) is 0 Å². The summed E-state index contributed by atoms with van der Waals surface area (Å²) in [6.45, 7) is 3.95. The lowest BCUT2D eigenvalue weighted by atomic mass is 10.2. The van der Waals surface area contributed by atoms with Crippen LogP contribution in [0, 0.1) is 0 Å². The first-order valence-electron chi connectivity index (χ1n) is 3.81. The molecule has 11 heavy (non-hydrogen) atoms. The summed E-state index contributed by atoms with van der Waals surface area (Å²) in [6.07, 6.45) is 0. The first-order chi connectivity index (χ1) is 5.34. The van der Waals surface area contributed by atoms with Gasteiger partial charge in [0.15, 0.2) is 0 Å². The molecule has 0 spiro atoms. The number of hydrogen-bond acceptors (Lipinski definition) is 4. The number of piperazine rings is 1. The van der Waals surface area contributed by atoms with E-state index in [0.29, 0.717) is 19.1 Å². The van der Waals surface area contributed by atoms with Gasteiger partial charge in [-0.3, -0.25) is 9.69 Å². The Bertz CT molecular complexity index is 130. The highest BCUT2D eigenvalue weighted by Gasteiger charge is 2.18. The van der Waals surface area contributed by atoms with Gasteiger partial charge in [-0.1, -0.05) is 0 Å². The highest BCUT2D eigenvalue weighted by Crippen LogP contribution is 1.98. The Morgan fingerprint density at radius 2 is 2.64 bits per heavy atom. The van der Waals surface area contributed by atoms with Gasteiger partial charge in [-0.05, 0) is 7.05 Å². The average molecular weight is 158 g/mol. The third-order valence-corrected chi connectivity index (χ3v) is 2.00. The summed E-state index contributed by atoms with van der Waals surface area (Å²) in [4.78, 5) is 12.1. The smallest absolute Gasteiger partial charge is 0.293 e. The van der Waals surface area contributed by atoms with E-state index in [1.54, 1.807) is 0 Å². The third-order valence-electron chi connectivity index (χ3n) is 2.00. The molecular formula is C7H14N2O2. The highest BCUT2D eigenvalue weighted by molar-refractivity contribution is 5.36. The summed E-state index contributed by atoms with van der Waals surface area (Å²) >= 11 is 0. The summed E-state index contributed by atoms with van der Waals surface area (Å²) in [6, 6.07) is 0.342. The van der Waals surface area contributed by atoms with Gasteiger partial charge in [0.05, 0.1) is 6.04 Å². The van der Waals surface area contributed by atoms with Crippen molar-refractivity contribution < 1.29 is 9.53 Å². The second-order valence-electron chi connectivity index (χ2n) is 2.77. The molecule has 1 rings (SSSR count). The SMILES string of the molecule is CN1CCNCC1COC=O. The van der Waals surface area contributed by atoms with Gasteiger partial charge in [-0.25, -0.2) is 0 Å². The maximum atomic E-state index is 9.89. The topological polar surface area (TPSA) is 41.6 Å². The van der Waals surface area contributed by atoms with Crippen molar-refractivity contribution in [2.45, 2.75) is 6.04 Å². The molecule has 4 nitrogen and oxygen atoms in total. The van der Waals surface area contributed by atoms with Crippen LogP contribution in [-0.4, -0.2) is 50.7 Å². The van der Waals surface area contributed by atoms with Crippen LogP contribution in [0.5, 0.6) is 0 Å². The van der Waals surface area contributed by atoms with E-state index in [1.807, 2.05) is 7.05 Å². The summed E-state index contributed by atoms with van der Waals surface area (Å²) in [5.74, 6) is 0. The van der Waals surface area contributed by atoms with E-state index in [1.165, 1.54) is 0 Å². The molecule has 1 aliphatic heterocycles. The van der Waals surface area contributed by atoms with Gasteiger partial charge >= 0.3 is 0 Å². The first-order valence-corrected chi connectivity index (χ1v) is 3.81. The molecule has 0 aliphatic carbocycles. The zero-order valence-electron chi connectivity index (χ0n) is 6.75. The normalized spacial score (nSPS) is 26.5. The Morgan fingerprint density at radius 1 is 1.82 bits per heavy atom. The molecule has 1 unspecified atom stereocenters. The summed E-state index contributed by atoms with van der Waals surface area (Å²) < 4.78 is 4.68. The minimum absolute atomic E-state index is 0.342. The van der Waals surface area contributed by atoms with Crippen molar-refractivity contribution >= 4 is 6.47 Å². The Kier molecular flexibility index (Phi) is 3.32. The van der Waals surface area contributed by atoms with Crippen LogP contribution in [-0.2, 0) is 9.53 Å². The number of carbonyl (C=O) groups is 1. The van der Waals surface area contributed by atoms with E-state index in [-0.39, 0.29) is 0 Å². The van der Waals surface area contributed by atoms with Crippen molar-refractivity contribution in [3.05, 3.63) is 0 Å². The van der Waals surface area contributed by atoms with Crippen molar-refractivity contribution in [3.8, 4) is 0 Å². The van der Waals surface area contributed by atoms with Crippen molar-refractivity contribution in [2.24, 2.45) is 0 Å². The van der Waals surface area contributed by atoms with E-state index in [9.17, 15) is 4.79 Å². The van der Waals surface area contributed by atoms with E-state index in [0.717, 1.165) is 19.6 Å². The van der Waals surface area contributed by atoms with E-state index < -0.39 is 0 Å².